The van der Waals surface area contributed by atoms with Crippen LogP contribution in [0.1, 0.15) is 25.3 Å². The Hall–Kier alpha value is -1.06. The zero-order valence-electron chi connectivity index (χ0n) is 13.5. The molecule has 1 aromatic rings. The van der Waals surface area contributed by atoms with Gasteiger partial charge in [-0.3, -0.25) is 4.90 Å². The molecule has 116 valence electrons. The van der Waals surface area contributed by atoms with E-state index in [0.29, 0.717) is 6.04 Å². The zero-order valence-corrected chi connectivity index (χ0v) is 13.5. The molecule has 2 aliphatic rings. The predicted molar refractivity (Wildman–Crippen MR) is 90.0 cm³/mol. The molecule has 21 heavy (non-hydrogen) atoms. The number of hydrogen-bond acceptors (Lipinski definition) is 3. The number of hydrogen-bond donors (Lipinski definition) is 1. The molecule has 0 aliphatic carbocycles. The second kappa shape index (κ2) is 6.80. The van der Waals surface area contributed by atoms with Gasteiger partial charge in [0.15, 0.2) is 0 Å². The fourth-order valence-corrected chi connectivity index (χ4v) is 3.75. The molecule has 2 aliphatic heterocycles. The number of piperazine rings is 1. The minimum Gasteiger partial charge on any atom is -0.366 e. The highest BCUT2D eigenvalue weighted by molar-refractivity contribution is 5.48. The van der Waals surface area contributed by atoms with Crippen LogP contribution < -0.4 is 10.2 Å². The molecule has 0 spiro atoms. The van der Waals surface area contributed by atoms with Crippen molar-refractivity contribution in [2.45, 2.75) is 32.7 Å². The van der Waals surface area contributed by atoms with Gasteiger partial charge in [-0.2, -0.15) is 0 Å². The first-order valence-electron chi connectivity index (χ1n) is 8.49. The maximum atomic E-state index is 3.47. The molecule has 3 rings (SSSR count). The van der Waals surface area contributed by atoms with Gasteiger partial charge in [-0.1, -0.05) is 17.7 Å². The lowest BCUT2D eigenvalue weighted by molar-refractivity contribution is 0.178. The summed E-state index contributed by atoms with van der Waals surface area (Å²) in [5, 5.41) is 3.47. The van der Waals surface area contributed by atoms with Crippen molar-refractivity contribution in [3.8, 4) is 0 Å². The Bertz CT molecular complexity index is 436. The van der Waals surface area contributed by atoms with Crippen LogP contribution in [0, 0.1) is 12.8 Å². The lowest BCUT2D eigenvalue weighted by atomic mass is 9.97. The van der Waals surface area contributed by atoms with Gasteiger partial charge in [0, 0.05) is 37.9 Å². The van der Waals surface area contributed by atoms with E-state index >= 15 is 0 Å². The van der Waals surface area contributed by atoms with Crippen molar-refractivity contribution in [3.05, 3.63) is 29.8 Å². The lowest BCUT2D eigenvalue weighted by Crippen LogP contribution is -2.53. The summed E-state index contributed by atoms with van der Waals surface area (Å²) >= 11 is 0. The van der Waals surface area contributed by atoms with Crippen molar-refractivity contribution in [1.29, 1.82) is 0 Å². The normalized spacial score (nSPS) is 25.2. The average molecular weight is 287 g/mol. The van der Waals surface area contributed by atoms with Crippen molar-refractivity contribution in [2.24, 2.45) is 5.92 Å². The van der Waals surface area contributed by atoms with Gasteiger partial charge in [-0.15, -0.1) is 0 Å². The van der Waals surface area contributed by atoms with Crippen LogP contribution in [0.25, 0.3) is 0 Å². The van der Waals surface area contributed by atoms with E-state index in [2.05, 4.69) is 53.2 Å². The molecule has 0 aromatic heterocycles. The quantitative estimate of drug-likeness (QED) is 0.921. The van der Waals surface area contributed by atoms with E-state index in [1.54, 1.807) is 0 Å². The number of piperidine rings is 1. The molecule has 3 heteroatoms. The Kier molecular flexibility index (Phi) is 4.81. The molecule has 0 radical (unpaired) electrons. The molecule has 0 saturated carbocycles. The molecule has 0 amide bonds. The van der Waals surface area contributed by atoms with Crippen molar-refractivity contribution in [3.63, 3.8) is 0 Å². The van der Waals surface area contributed by atoms with Crippen LogP contribution in [0.15, 0.2) is 24.3 Å². The minimum absolute atomic E-state index is 0.614. The highest BCUT2D eigenvalue weighted by atomic mass is 15.3. The first kappa shape index (κ1) is 14.9. The maximum Gasteiger partial charge on any atom is 0.0389 e. The smallest absolute Gasteiger partial charge is 0.0389 e. The fraction of sp³-hybridized carbons (Fsp3) is 0.667. The molecular formula is C18H29N3. The van der Waals surface area contributed by atoms with Crippen LogP contribution in [0.4, 0.5) is 5.69 Å². The monoisotopic (exact) mass is 287 g/mol. The second-order valence-corrected chi connectivity index (χ2v) is 6.83. The molecule has 1 N–H and O–H groups in total. The van der Waals surface area contributed by atoms with Gasteiger partial charge in [-0.25, -0.2) is 0 Å². The summed E-state index contributed by atoms with van der Waals surface area (Å²) in [6, 6.07) is 9.61. The van der Waals surface area contributed by atoms with E-state index in [1.807, 2.05) is 0 Å². The number of nitrogens with one attached hydrogen (secondary N) is 1. The number of rotatable bonds is 3. The highest BCUT2D eigenvalue weighted by Crippen LogP contribution is 2.22. The molecule has 3 nitrogen and oxygen atoms in total. The summed E-state index contributed by atoms with van der Waals surface area (Å²) in [5.41, 5.74) is 2.73. The number of anilines is 1. The molecular weight excluding hydrogens is 258 g/mol. The summed E-state index contributed by atoms with van der Waals surface area (Å²) in [5.74, 6) is 0.907. The Morgan fingerprint density at radius 2 is 1.81 bits per heavy atom. The summed E-state index contributed by atoms with van der Waals surface area (Å²) in [6.07, 6.45) is 2.71. The van der Waals surface area contributed by atoms with Gasteiger partial charge < -0.3 is 10.2 Å². The van der Waals surface area contributed by atoms with Gasteiger partial charge in [0.2, 0.25) is 0 Å². The van der Waals surface area contributed by atoms with Crippen LogP contribution in [0.3, 0.4) is 0 Å². The maximum absolute atomic E-state index is 3.47. The molecule has 2 fully saturated rings. The van der Waals surface area contributed by atoms with Crippen molar-refractivity contribution in [2.75, 3.05) is 44.2 Å². The Morgan fingerprint density at radius 3 is 2.48 bits per heavy atom. The third kappa shape index (κ3) is 3.78. The van der Waals surface area contributed by atoms with Gasteiger partial charge >= 0.3 is 0 Å². The number of benzene rings is 1. The number of nitrogens with zero attached hydrogens (tertiary/aromatic N) is 2. The zero-order chi connectivity index (χ0) is 14.7. The highest BCUT2D eigenvalue weighted by Gasteiger charge is 2.26. The average Bonchev–Trinajstić information content (AvgIpc) is 2.50. The first-order chi connectivity index (χ1) is 10.2. The third-order valence-electron chi connectivity index (χ3n) is 5.05. The van der Waals surface area contributed by atoms with E-state index in [4.69, 9.17) is 0 Å². The van der Waals surface area contributed by atoms with E-state index in [9.17, 15) is 0 Å². The van der Waals surface area contributed by atoms with E-state index in [-0.39, 0.29) is 0 Å². The largest absolute Gasteiger partial charge is 0.366 e. The Labute approximate surface area is 129 Å². The lowest BCUT2D eigenvalue weighted by Gasteiger charge is -2.42. The Balaban J connectivity index is 1.55. The molecule has 0 bridgehead atoms. The number of aryl methyl sites for hydroxylation is 1. The van der Waals surface area contributed by atoms with Crippen molar-refractivity contribution in [1.82, 2.24) is 10.2 Å². The fourth-order valence-electron chi connectivity index (χ4n) is 3.75. The van der Waals surface area contributed by atoms with Crippen LogP contribution in [0.5, 0.6) is 0 Å². The SMILES string of the molecule is Cc1ccc(N2CCN(CC3CCNCC3)CC2C)cc1. The van der Waals surface area contributed by atoms with E-state index in [1.165, 1.54) is 56.8 Å². The van der Waals surface area contributed by atoms with Crippen molar-refractivity contribution < 1.29 is 0 Å². The van der Waals surface area contributed by atoms with Crippen LogP contribution in [0.2, 0.25) is 0 Å². The van der Waals surface area contributed by atoms with Gasteiger partial charge in [0.05, 0.1) is 0 Å². The van der Waals surface area contributed by atoms with E-state index in [0.717, 1.165) is 12.5 Å². The molecule has 1 atom stereocenters. The minimum atomic E-state index is 0.614. The van der Waals surface area contributed by atoms with Gasteiger partial charge in [-0.05, 0) is 57.8 Å². The summed E-state index contributed by atoms with van der Waals surface area (Å²) < 4.78 is 0. The summed E-state index contributed by atoms with van der Waals surface area (Å²) in [4.78, 5) is 5.25. The van der Waals surface area contributed by atoms with E-state index < -0.39 is 0 Å². The summed E-state index contributed by atoms with van der Waals surface area (Å²) in [7, 11) is 0. The standard InChI is InChI=1S/C18H29N3/c1-15-3-5-18(6-4-15)21-12-11-20(13-16(21)2)14-17-7-9-19-10-8-17/h3-6,16-17,19H,7-14H2,1-2H3. The topological polar surface area (TPSA) is 18.5 Å². The second-order valence-electron chi connectivity index (χ2n) is 6.83. The molecule has 1 unspecified atom stereocenters. The van der Waals surface area contributed by atoms with Gasteiger partial charge in [0.25, 0.3) is 0 Å². The first-order valence-corrected chi connectivity index (χ1v) is 8.49. The molecule has 2 heterocycles. The van der Waals surface area contributed by atoms with Crippen molar-refractivity contribution >= 4 is 5.69 Å². The molecule has 2 saturated heterocycles. The molecule has 1 aromatic carbocycles. The van der Waals surface area contributed by atoms with Crippen LogP contribution >= 0.6 is 0 Å². The van der Waals surface area contributed by atoms with Crippen LogP contribution in [-0.4, -0.2) is 50.2 Å². The summed E-state index contributed by atoms with van der Waals surface area (Å²) in [6.45, 7) is 11.8. The van der Waals surface area contributed by atoms with Crippen LogP contribution in [-0.2, 0) is 0 Å². The van der Waals surface area contributed by atoms with Gasteiger partial charge in [0.1, 0.15) is 0 Å². The third-order valence-corrected chi connectivity index (χ3v) is 5.05. The predicted octanol–water partition coefficient (Wildman–Crippen LogP) is 2.51. The Morgan fingerprint density at radius 1 is 1.10 bits per heavy atom.